The molecule has 21 heavy (non-hydrogen) atoms. The maximum atomic E-state index is 12.9. The molecule has 0 aliphatic carbocycles. The molecule has 2 rings (SSSR count). The van der Waals surface area contributed by atoms with Gasteiger partial charge in [0.25, 0.3) is 0 Å². The Morgan fingerprint density at radius 3 is 2.24 bits per heavy atom. The van der Waals surface area contributed by atoms with E-state index in [-0.39, 0.29) is 12.4 Å². The van der Waals surface area contributed by atoms with Crippen LogP contribution in [0.4, 0.5) is 10.1 Å². The van der Waals surface area contributed by atoms with Crippen LogP contribution in [0, 0.1) is 5.82 Å². The lowest BCUT2D eigenvalue weighted by Gasteiger charge is -2.30. The fourth-order valence-electron chi connectivity index (χ4n) is 2.22. The van der Waals surface area contributed by atoms with Gasteiger partial charge in [-0.1, -0.05) is 12.1 Å². The molecule has 0 aliphatic heterocycles. The number of nitrogens with one attached hydrogen (secondary N) is 1. The molecule has 1 atom stereocenters. The number of methoxy groups -OCH3 is 1. The second-order valence-electron chi connectivity index (χ2n) is 5.38. The Labute approximate surface area is 124 Å². The molecule has 0 aliphatic rings. The standard InChI is InChI=1S/C17H20FNO2/c1-17(12-20,11-13-3-5-14(18)6-4-13)19-15-7-9-16(21-2)10-8-15/h3-10,19-20H,11-12H2,1-2H3. The summed E-state index contributed by atoms with van der Waals surface area (Å²) in [5.74, 6) is 0.525. The number of benzene rings is 2. The molecule has 0 saturated heterocycles. The molecular formula is C17H20FNO2. The van der Waals surface area contributed by atoms with E-state index in [4.69, 9.17) is 4.74 Å². The summed E-state index contributed by atoms with van der Waals surface area (Å²) >= 11 is 0. The van der Waals surface area contributed by atoms with Crippen LogP contribution in [-0.4, -0.2) is 24.4 Å². The van der Waals surface area contributed by atoms with E-state index in [0.717, 1.165) is 17.0 Å². The summed E-state index contributed by atoms with van der Waals surface area (Å²) < 4.78 is 18.1. The summed E-state index contributed by atoms with van der Waals surface area (Å²) in [4.78, 5) is 0. The Balaban J connectivity index is 2.10. The summed E-state index contributed by atoms with van der Waals surface area (Å²) in [5.41, 5.74) is 1.34. The first-order valence-corrected chi connectivity index (χ1v) is 6.82. The van der Waals surface area contributed by atoms with Crippen LogP contribution in [0.15, 0.2) is 48.5 Å². The Hall–Kier alpha value is -2.07. The number of hydrogen-bond donors (Lipinski definition) is 2. The van der Waals surface area contributed by atoms with Crippen molar-refractivity contribution in [3.8, 4) is 5.75 Å². The van der Waals surface area contributed by atoms with Crippen LogP contribution in [0.3, 0.4) is 0 Å². The van der Waals surface area contributed by atoms with Gasteiger partial charge in [-0.05, 0) is 55.3 Å². The molecule has 0 heterocycles. The van der Waals surface area contributed by atoms with Gasteiger partial charge in [-0.15, -0.1) is 0 Å². The van der Waals surface area contributed by atoms with Crippen LogP contribution >= 0.6 is 0 Å². The van der Waals surface area contributed by atoms with Crippen molar-refractivity contribution < 1.29 is 14.2 Å². The maximum Gasteiger partial charge on any atom is 0.123 e. The Kier molecular flexibility index (Phi) is 4.81. The third-order valence-electron chi connectivity index (χ3n) is 3.39. The molecule has 4 heteroatoms. The first-order chi connectivity index (χ1) is 10.0. The molecular weight excluding hydrogens is 269 g/mol. The quantitative estimate of drug-likeness (QED) is 0.858. The highest BCUT2D eigenvalue weighted by molar-refractivity contribution is 5.48. The molecule has 2 aromatic rings. The molecule has 1 unspecified atom stereocenters. The van der Waals surface area contributed by atoms with Gasteiger partial charge in [0, 0.05) is 5.69 Å². The van der Waals surface area contributed by atoms with Gasteiger partial charge in [-0.2, -0.15) is 0 Å². The van der Waals surface area contributed by atoms with E-state index in [1.807, 2.05) is 31.2 Å². The number of ether oxygens (including phenoxy) is 1. The molecule has 0 bridgehead atoms. The average molecular weight is 289 g/mol. The largest absolute Gasteiger partial charge is 0.497 e. The minimum Gasteiger partial charge on any atom is -0.497 e. The molecule has 0 amide bonds. The zero-order valence-corrected chi connectivity index (χ0v) is 12.3. The lowest BCUT2D eigenvalue weighted by Crippen LogP contribution is -2.41. The van der Waals surface area contributed by atoms with Crippen molar-refractivity contribution in [2.75, 3.05) is 19.0 Å². The van der Waals surface area contributed by atoms with E-state index in [0.29, 0.717) is 6.42 Å². The van der Waals surface area contributed by atoms with E-state index in [2.05, 4.69) is 5.32 Å². The second kappa shape index (κ2) is 6.59. The minimum atomic E-state index is -0.521. The van der Waals surface area contributed by atoms with Crippen molar-refractivity contribution in [3.05, 3.63) is 59.9 Å². The van der Waals surface area contributed by atoms with Crippen LogP contribution in [-0.2, 0) is 6.42 Å². The second-order valence-corrected chi connectivity index (χ2v) is 5.38. The predicted molar refractivity (Wildman–Crippen MR) is 82.2 cm³/mol. The van der Waals surface area contributed by atoms with E-state index < -0.39 is 5.54 Å². The van der Waals surface area contributed by atoms with Gasteiger partial charge < -0.3 is 15.2 Å². The summed E-state index contributed by atoms with van der Waals surface area (Å²) in [5, 5.41) is 13.0. The zero-order valence-electron chi connectivity index (χ0n) is 12.3. The van der Waals surface area contributed by atoms with Crippen molar-refractivity contribution >= 4 is 5.69 Å². The maximum absolute atomic E-state index is 12.9. The van der Waals surface area contributed by atoms with Gasteiger partial charge in [0.2, 0.25) is 0 Å². The summed E-state index contributed by atoms with van der Waals surface area (Å²) in [6, 6.07) is 13.9. The predicted octanol–water partition coefficient (Wildman–Crippen LogP) is 3.24. The fraction of sp³-hybridized carbons (Fsp3) is 0.294. The smallest absolute Gasteiger partial charge is 0.123 e. The summed E-state index contributed by atoms with van der Waals surface area (Å²) in [7, 11) is 1.62. The molecule has 3 nitrogen and oxygen atoms in total. The monoisotopic (exact) mass is 289 g/mol. The van der Waals surface area contributed by atoms with Crippen LogP contribution in [0.5, 0.6) is 5.75 Å². The molecule has 0 fully saturated rings. The first kappa shape index (κ1) is 15.3. The Bertz CT molecular complexity index is 568. The number of halogens is 1. The molecule has 2 aromatic carbocycles. The average Bonchev–Trinajstić information content (AvgIpc) is 2.50. The van der Waals surface area contributed by atoms with Gasteiger partial charge in [0.05, 0.1) is 19.3 Å². The third kappa shape index (κ3) is 4.20. The Morgan fingerprint density at radius 1 is 1.10 bits per heavy atom. The van der Waals surface area contributed by atoms with E-state index in [9.17, 15) is 9.50 Å². The fourth-order valence-corrected chi connectivity index (χ4v) is 2.22. The topological polar surface area (TPSA) is 41.5 Å². The summed E-state index contributed by atoms with van der Waals surface area (Å²) in [6.45, 7) is 1.90. The van der Waals surface area contributed by atoms with E-state index in [1.165, 1.54) is 12.1 Å². The summed E-state index contributed by atoms with van der Waals surface area (Å²) in [6.07, 6.45) is 0.593. The van der Waals surface area contributed by atoms with Crippen molar-refractivity contribution in [3.63, 3.8) is 0 Å². The van der Waals surface area contributed by atoms with Gasteiger partial charge in [-0.25, -0.2) is 4.39 Å². The normalized spacial score (nSPS) is 13.5. The molecule has 0 radical (unpaired) electrons. The molecule has 0 saturated carbocycles. The highest BCUT2D eigenvalue weighted by Gasteiger charge is 2.23. The highest BCUT2D eigenvalue weighted by atomic mass is 19.1. The highest BCUT2D eigenvalue weighted by Crippen LogP contribution is 2.22. The van der Waals surface area contributed by atoms with Crippen LogP contribution in [0.1, 0.15) is 12.5 Å². The van der Waals surface area contributed by atoms with Gasteiger partial charge >= 0.3 is 0 Å². The number of rotatable bonds is 6. The van der Waals surface area contributed by atoms with Gasteiger partial charge in [-0.3, -0.25) is 0 Å². The van der Waals surface area contributed by atoms with Gasteiger partial charge in [0.15, 0.2) is 0 Å². The van der Waals surface area contributed by atoms with Crippen molar-refractivity contribution in [2.45, 2.75) is 18.9 Å². The molecule has 2 N–H and O–H groups in total. The van der Waals surface area contributed by atoms with Crippen molar-refractivity contribution in [2.24, 2.45) is 0 Å². The van der Waals surface area contributed by atoms with E-state index in [1.54, 1.807) is 19.2 Å². The number of aliphatic hydroxyl groups excluding tert-OH is 1. The first-order valence-electron chi connectivity index (χ1n) is 6.82. The number of anilines is 1. The van der Waals surface area contributed by atoms with Crippen LogP contribution in [0.25, 0.3) is 0 Å². The number of hydrogen-bond acceptors (Lipinski definition) is 3. The van der Waals surface area contributed by atoms with Crippen LogP contribution < -0.4 is 10.1 Å². The lowest BCUT2D eigenvalue weighted by atomic mass is 9.93. The zero-order chi connectivity index (χ0) is 15.3. The van der Waals surface area contributed by atoms with Gasteiger partial charge in [0.1, 0.15) is 11.6 Å². The SMILES string of the molecule is COc1ccc(NC(C)(CO)Cc2ccc(F)cc2)cc1. The third-order valence-corrected chi connectivity index (χ3v) is 3.39. The lowest BCUT2D eigenvalue weighted by molar-refractivity contribution is 0.222. The molecule has 0 spiro atoms. The van der Waals surface area contributed by atoms with Crippen molar-refractivity contribution in [1.29, 1.82) is 0 Å². The van der Waals surface area contributed by atoms with E-state index >= 15 is 0 Å². The van der Waals surface area contributed by atoms with Crippen LogP contribution in [0.2, 0.25) is 0 Å². The van der Waals surface area contributed by atoms with Crippen molar-refractivity contribution in [1.82, 2.24) is 0 Å². The minimum absolute atomic E-state index is 0.0313. The number of aliphatic hydroxyl groups is 1. The Morgan fingerprint density at radius 2 is 1.71 bits per heavy atom. The molecule has 112 valence electrons. The molecule has 0 aromatic heterocycles.